The van der Waals surface area contributed by atoms with E-state index in [2.05, 4.69) is 26.2 Å². The van der Waals surface area contributed by atoms with Crippen molar-refractivity contribution >= 4 is 49.8 Å². The Balaban J connectivity index is 1.98. The number of aromatic nitrogens is 1. The smallest absolute Gasteiger partial charge is 0.154 e. The Kier molecular flexibility index (Phi) is 5.20. The van der Waals surface area contributed by atoms with Gasteiger partial charge in [-0.3, -0.25) is 0 Å². The molecular weight excluding hydrogens is 406 g/mol. The van der Waals surface area contributed by atoms with Crippen molar-refractivity contribution in [3.05, 3.63) is 51.6 Å². The van der Waals surface area contributed by atoms with Gasteiger partial charge < -0.3 is 20.5 Å². The molecule has 0 unspecified atom stereocenters. The van der Waals surface area contributed by atoms with Crippen LogP contribution in [0.25, 0.3) is 10.9 Å². The van der Waals surface area contributed by atoms with E-state index in [1.165, 1.54) is 0 Å². The number of nitrogens with two attached hydrogens (primary N) is 1. The van der Waals surface area contributed by atoms with E-state index >= 15 is 0 Å². The number of nitrogens with one attached hydrogen (secondary N) is 1. The van der Waals surface area contributed by atoms with E-state index in [0.29, 0.717) is 12.2 Å². The molecule has 0 radical (unpaired) electrons. The largest absolute Gasteiger partial charge is 0.497 e. The van der Waals surface area contributed by atoms with Gasteiger partial charge in [0.15, 0.2) is 5.15 Å². The van der Waals surface area contributed by atoms with Crippen LogP contribution in [0.2, 0.25) is 5.15 Å². The predicted molar refractivity (Wildman–Crippen MR) is 106 cm³/mol. The van der Waals surface area contributed by atoms with Crippen molar-refractivity contribution in [2.24, 2.45) is 0 Å². The highest BCUT2D eigenvalue weighted by atomic mass is 79.9. The zero-order chi connectivity index (χ0) is 18.0. The highest BCUT2D eigenvalue weighted by molar-refractivity contribution is 9.10. The van der Waals surface area contributed by atoms with Crippen LogP contribution in [-0.2, 0) is 6.54 Å². The van der Waals surface area contributed by atoms with E-state index in [-0.39, 0.29) is 5.15 Å². The molecule has 1 aromatic heterocycles. The fourth-order valence-corrected chi connectivity index (χ4v) is 3.14. The Bertz CT molecular complexity index is 934. The summed E-state index contributed by atoms with van der Waals surface area (Å²) in [5, 5.41) is 4.53. The van der Waals surface area contributed by atoms with Crippen molar-refractivity contribution in [3.8, 4) is 11.5 Å². The summed E-state index contributed by atoms with van der Waals surface area (Å²) < 4.78 is 11.6. The standard InChI is InChI=1S/C18H17BrClN3O2/c1-24-12-5-3-10(15(8-12)25-2)9-22-17-13-7-11(19)4-6-14(13)23-18(20)16(17)21/h3-8H,9,21H2,1-2H3,(H,22,23). The first-order chi connectivity index (χ1) is 12.0. The monoisotopic (exact) mass is 421 g/mol. The number of fused-ring (bicyclic) bond motifs is 1. The molecule has 2 aromatic carbocycles. The van der Waals surface area contributed by atoms with Gasteiger partial charge in [-0.1, -0.05) is 27.5 Å². The molecule has 25 heavy (non-hydrogen) atoms. The maximum atomic E-state index is 6.18. The Morgan fingerprint density at radius 2 is 1.96 bits per heavy atom. The van der Waals surface area contributed by atoms with Crippen molar-refractivity contribution in [1.29, 1.82) is 0 Å². The maximum Gasteiger partial charge on any atom is 0.154 e. The number of ether oxygens (including phenoxy) is 2. The zero-order valence-corrected chi connectivity index (χ0v) is 16.1. The molecule has 0 aliphatic heterocycles. The number of pyridine rings is 1. The molecule has 0 spiro atoms. The number of benzene rings is 2. The van der Waals surface area contributed by atoms with E-state index in [1.807, 2.05) is 36.4 Å². The van der Waals surface area contributed by atoms with Crippen LogP contribution in [0.1, 0.15) is 5.56 Å². The van der Waals surface area contributed by atoms with Gasteiger partial charge in [0.1, 0.15) is 11.5 Å². The maximum absolute atomic E-state index is 6.18. The number of hydrogen-bond acceptors (Lipinski definition) is 5. The summed E-state index contributed by atoms with van der Waals surface area (Å²) in [6, 6.07) is 11.4. The third-order valence-electron chi connectivity index (χ3n) is 3.89. The summed E-state index contributed by atoms with van der Waals surface area (Å²) in [5.41, 5.74) is 9.06. The van der Waals surface area contributed by atoms with Gasteiger partial charge in [-0.15, -0.1) is 0 Å². The van der Waals surface area contributed by atoms with Gasteiger partial charge in [0, 0.05) is 28.0 Å². The molecule has 3 N–H and O–H groups in total. The first-order valence-electron chi connectivity index (χ1n) is 7.52. The van der Waals surface area contributed by atoms with Gasteiger partial charge >= 0.3 is 0 Å². The third kappa shape index (κ3) is 3.60. The number of halogens is 2. The third-order valence-corrected chi connectivity index (χ3v) is 4.67. The Labute approximate surface area is 159 Å². The molecule has 3 rings (SSSR count). The van der Waals surface area contributed by atoms with Gasteiger partial charge in [0.25, 0.3) is 0 Å². The van der Waals surface area contributed by atoms with Crippen LogP contribution in [0.15, 0.2) is 40.9 Å². The number of rotatable bonds is 5. The molecular formula is C18H17BrClN3O2. The summed E-state index contributed by atoms with van der Waals surface area (Å²) in [6.07, 6.45) is 0. The van der Waals surface area contributed by atoms with Gasteiger partial charge in [-0.25, -0.2) is 4.98 Å². The molecule has 0 aliphatic rings. The van der Waals surface area contributed by atoms with Crippen molar-refractivity contribution < 1.29 is 9.47 Å². The fourth-order valence-electron chi connectivity index (χ4n) is 2.59. The first kappa shape index (κ1) is 17.6. The van der Waals surface area contributed by atoms with Gasteiger partial charge in [0.2, 0.25) is 0 Å². The lowest BCUT2D eigenvalue weighted by atomic mass is 10.1. The zero-order valence-electron chi connectivity index (χ0n) is 13.8. The van der Waals surface area contributed by atoms with Crippen molar-refractivity contribution in [1.82, 2.24) is 4.98 Å². The highest BCUT2D eigenvalue weighted by Crippen LogP contribution is 2.35. The summed E-state index contributed by atoms with van der Waals surface area (Å²) in [6.45, 7) is 0.513. The summed E-state index contributed by atoms with van der Waals surface area (Å²) >= 11 is 9.66. The summed E-state index contributed by atoms with van der Waals surface area (Å²) in [5.74, 6) is 1.47. The van der Waals surface area contributed by atoms with Crippen LogP contribution < -0.4 is 20.5 Å². The first-order valence-corrected chi connectivity index (χ1v) is 8.69. The number of anilines is 2. The Hall–Kier alpha value is -2.18. The Morgan fingerprint density at radius 1 is 1.16 bits per heavy atom. The molecule has 5 nitrogen and oxygen atoms in total. The average Bonchev–Trinajstić information content (AvgIpc) is 2.62. The normalized spacial score (nSPS) is 10.7. The molecule has 0 atom stereocenters. The topological polar surface area (TPSA) is 69.4 Å². The van der Waals surface area contributed by atoms with Crippen LogP contribution in [0.5, 0.6) is 11.5 Å². The lowest BCUT2D eigenvalue weighted by molar-refractivity contribution is 0.391. The van der Waals surface area contributed by atoms with Crippen LogP contribution in [0.4, 0.5) is 11.4 Å². The van der Waals surface area contributed by atoms with Crippen molar-refractivity contribution in [2.45, 2.75) is 6.54 Å². The van der Waals surface area contributed by atoms with E-state index in [1.54, 1.807) is 14.2 Å². The molecule has 7 heteroatoms. The van der Waals surface area contributed by atoms with E-state index < -0.39 is 0 Å². The molecule has 0 aliphatic carbocycles. The molecule has 0 saturated carbocycles. The second-order valence-electron chi connectivity index (χ2n) is 5.38. The minimum Gasteiger partial charge on any atom is -0.497 e. The van der Waals surface area contributed by atoms with E-state index in [9.17, 15) is 0 Å². The second kappa shape index (κ2) is 7.37. The fraction of sp³-hybridized carbons (Fsp3) is 0.167. The van der Waals surface area contributed by atoms with Crippen LogP contribution in [-0.4, -0.2) is 19.2 Å². The Morgan fingerprint density at radius 3 is 2.68 bits per heavy atom. The molecule has 1 heterocycles. The average molecular weight is 423 g/mol. The molecule has 0 bridgehead atoms. The quantitative estimate of drug-likeness (QED) is 0.575. The van der Waals surface area contributed by atoms with Crippen LogP contribution in [0.3, 0.4) is 0 Å². The van der Waals surface area contributed by atoms with Crippen molar-refractivity contribution in [3.63, 3.8) is 0 Å². The molecule has 0 amide bonds. The van der Waals surface area contributed by atoms with Gasteiger partial charge in [0.05, 0.1) is 31.1 Å². The van der Waals surface area contributed by atoms with Crippen LogP contribution in [0, 0.1) is 0 Å². The molecule has 0 fully saturated rings. The lowest BCUT2D eigenvalue weighted by Crippen LogP contribution is -2.06. The molecule has 130 valence electrons. The van der Waals surface area contributed by atoms with Crippen molar-refractivity contribution in [2.75, 3.05) is 25.3 Å². The van der Waals surface area contributed by atoms with Crippen LogP contribution >= 0.6 is 27.5 Å². The number of nitrogens with zero attached hydrogens (tertiary/aromatic N) is 1. The number of nitrogen functional groups attached to an aromatic ring is 1. The van der Waals surface area contributed by atoms with Gasteiger partial charge in [-0.05, 0) is 30.3 Å². The minimum absolute atomic E-state index is 0.277. The van der Waals surface area contributed by atoms with Gasteiger partial charge in [-0.2, -0.15) is 0 Å². The highest BCUT2D eigenvalue weighted by Gasteiger charge is 2.13. The minimum atomic E-state index is 0.277. The second-order valence-corrected chi connectivity index (χ2v) is 6.66. The summed E-state index contributed by atoms with van der Waals surface area (Å²) in [7, 11) is 3.25. The summed E-state index contributed by atoms with van der Waals surface area (Å²) in [4.78, 5) is 4.33. The lowest BCUT2D eigenvalue weighted by Gasteiger charge is -2.16. The van der Waals surface area contributed by atoms with E-state index in [0.717, 1.165) is 38.1 Å². The number of methoxy groups -OCH3 is 2. The molecule has 0 saturated heterocycles. The number of hydrogen-bond donors (Lipinski definition) is 2. The predicted octanol–water partition coefficient (Wildman–Crippen LogP) is 4.86. The SMILES string of the molecule is COc1ccc(CNc2c(N)c(Cl)nc3ccc(Br)cc23)c(OC)c1. The molecule has 3 aromatic rings. The van der Waals surface area contributed by atoms with E-state index in [4.69, 9.17) is 26.8 Å².